The molecule has 0 amide bonds. The highest BCUT2D eigenvalue weighted by Gasteiger charge is 2.10. The van der Waals surface area contributed by atoms with Gasteiger partial charge in [-0.05, 0) is 43.2 Å². The number of non-ortho nitro benzene ring substituents is 1. The first-order valence-electron chi connectivity index (χ1n) is 11.9. The van der Waals surface area contributed by atoms with Crippen LogP contribution in [0.15, 0.2) is 97.6 Å². The average Bonchev–Trinajstić information content (AvgIpc) is 2.95. The maximum Gasteiger partial charge on any atom is 0.337 e. The third-order valence-electron chi connectivity index (χ3n) is 5.21. The molecule has 0 N–H and O–H groups in total. The Hall–Kier alpha value is -4.98. The van der Waals surface area contributed by atoms with E-state index >= 15 is 0 Å². The summed E-state index contributed by atoms with van der Waals surface area (Å²) < 4.78 is 15.3. The molecule has 3 aromatic carbocycles. The van der Waals surface area contributed by atoms with Gasteiger partial charge >= 0.3 is 11.9 Å². The summed E-state index contributed by atoms with van der Waals surface area (Å²) in [6.45, 7) is 10.9. The number of aryl methyl sites for hydroxylation is 1. The van der Waals surface area contributed by atoms with E-state index in [0.717, 1.165) is 16.7 Å². The summed E-state index contributed by atoms with van der Waals surface area (Å²) >= 11 is 0. The van der Waals surface area contributed by atoms with Crippen molar-refractivity contribution in [3.63, 3.8) is 0 Å². The lowest BCUT2D eigenvalue weighted by Gasteiger charge is -2.12. The van der Waals surface area contributed by atoms with Crippen LogP contribution in [0.4, 0.5) is 5.69 Å². The van der Waals surface area contributed by atoms with Crippen molar-refractivity contribution in [2.75, 3.05) is 20.3 Å². The number of nitro groups is 1. The molecule has 0 aliphatic rings. The number of rotatable bonds is 10. The summed E-state index contributed by atoms with van der Waals surface area (Å²) in [4.78, 5) is 32.8. The molecule has 0 saturated heterocycles. The van der Waals surface area contributed by atoms with Gasteiger partial charge in [-0.3, -0.25) is 10.1 Å². The molecular weight excluding hydrogens is 498 g/mol. The highest BCUT2D eigenvalue weighted by molar-refractivity contribution is 6.15. The molecule has 3 aromatic rings. The Bertz CT molecular complexity index is 1330. The Morgan fingerprint density at radius 1 is 0.846 bits per heavy atom. The first-order valence-corrected chi connectivity index (χ1v) is 11.9. The number of carbonyl (C=O) groups is 2. The van der Waals surface area contributed by atoms with Crippen LogP contribution in [0.5, 0.6) is 0 Å². The quantitative estimate of drug-likeness (QED) is 0.0568. The molecule has 202 valence electrons. The molecule has 0 aliphatic carbocycles. The lowest BCUT2D eigenvalue weighted by Crippen LogP contribution is -2.10. The molecule has 8 nitrogen and oxygen atoms in total. The molecule has 0 saturated carbocycles. The number of benzene rings is 3. The number of methoxy groups -OCH3 is 1. The van der Waals surface area contributed by atoms with E-state index in [-0.39, 0.29) is 24.9 Å². The Balaban J connectivity index is 0.000000344. The van der Waals surface area contributed by atoms with Crippen LogP contribution in [0.25, 0.3) is 17.4 Å². The fourth-order valence-electron chi connectivity index (χ4n) is 3.06. The van der Waals surface area contributed by atoms with Crippen molar-refractivity contribution in [2.24, 2.45) is 0 Å². The predicted octanol–water partition coefficient (Wildman–Crippen LogP) is 6.41. The average molecular weight is 530 g/mol. The molecule has 0 heterocycles. The lowest BCUT2D eigenvalue weighted by atomic mass is 10.1. The standard InChI is InChI=1S/C20H19NO5.C11H12O2/c1-15(2)20(22)26-13-12-25-19(14-16-6-4-3-5-7-16)17-8-10-18(11-9-17)21(23)24;1-8-4-6-10(7-5-8)9(2)11(12)13-3/h3-11,14H,1,12-13H2,2H3;4-7H,2H2,1,3H3. The van der Waals surface area contributed by atoms with Gasteiger partial charge in [0, 0.05) is 23.3 Å². The van der Waals surface area contributed by atoms with Crippen LogP contribution in [0.1, 0.15) is 29.2 Å². The van der Waals surface area contributed by atoms with E-state index in [2.05, 4.69) is 17.9 Å². The predicted molar refractivity (Wildman–Crippen MR) is 151 cm³/mol. The SMILES string of the molecule is C=C(C(=O)OC)c1ccc(C)cc1.C=C(C)C(=O)OCCOC(=Cc1ccccc1)c1ccc([N+](=O)[O-])cc1. The molecule has 0 fully saturated rings. The van der Waals surface area contributed by atoms with Gasteiger partial charge < -0.3 is 14.2 Å². The van der Waals surface area contributed by atoms with E-state index in [9.17, 15) is 19.7 Å². The number of ether oxygens (including phenoxy) is 3. The first kappa shape index (κ1) is 30.2. The van der Waals surface area contributed by atoms with Crippen molar-refractivity contribution in [1.82, 2.24) is 0 Å². The molecule has 0 aliphatic heterocycles. The second-order valence-electron chi connectivity index (χ2n) is 8.32. The minimum Gasteiger partial charge on any atom is -0.489 e. The van der Waals surface area contributed by atoms with Crippen molar-refractivity contribution in [2.45, 2.75) is 13.8 Å². The zero-order chi connectivity index (χ0) is 28.8. The van der Waals surface area contributed by atoms with Crippen LogP contribution in [0, 0.1) is 17.0 Å². The molecule has 0 spiro atoms. The molecule has 8 heteroatoms. The van der Waals surface area contributed by atoms with Crippen molar-refractivity contribution < 1.29 is 28.7 Å². The topological polar surface area (TPSA) is 105 Å². The van der Waals surface area contributed by atoms with Crippen molar-refractivity contribution in [3.05, 3.63) is 130 Å². The van der Waals surface area contributed by atoms with Gasteiger partial charge in [-0.1, -0.05) is 73.3 Å². The summed E-state index contributed by atoms with van der Waals surface area (Å²) in [5.74, 6) is -0.334. The van der Waals surface area contributed by atoms with Crippen molar-refractivity contribution in [1.29, 1.82) is 0 Å². The number of esters is 2. The van der Waals surface area contributed by atoms with Crippen LogP contribution in [0.3, 0.4) is 0 Å². The Kier molecular flexibility index (Phi) is 11.9. The van der Waals surface area contributed by atoms with Crippen LogP contribution in [-0.4, -0.2) is 37.2 Å². The third kappa shape index (κ3) is 10.1. The van der Waals surface area contributed by atoms with Gasteiger partial charge in [0.25, 0.3) is 5.69 Å². The minimum absolute atomic E-state index is 0.00296. The van der Waals surface area contributed by atoms with E-state index < -0.39 is 10.9 Å². The van der Waals surface area contributed by atoms with E-state index in [1.165, 1.54) is 19.2 Å². The smallest absolute Gasteiger partial charge is 0.337 e. The molecule has 0 atom stereocenters. The Morgan fingerprint density at radius 3 is 1.95 bits per heavy atom. The summed E-state index contributed by atoms with van der Waals surface area (Å²) in [6, 6.07) is 23.2. The van der Waals surface area contributed by atoms with Gasteiger partial charge in [-0.15, -0.1) is 0 Å². The lowest BCUT2D eigenvalue weighted by molar-refractivity contribution is -0.384. The zero-order valence-electron chi connectivity index (χ0n) is 22.2. The summed E-state index contributed by atoms with van der Waals surface area (Å²) in [6.07, 6.45) is 1.82. The van der Waals surface area contributed by atoms with Gasteiger partial charge in [0.1, 0.15) is 19.0 Å². The minimum atomic E-state index is -0.475. The molecule has 0 bridgehead atoms. The first-order chi connectivity index (χ1) is 18.6. The van der Waals surface area contributed by atoms with Gasteiger partial charge in [0.05, 0.1) is 17.6 Å². The van der Waals surface area contributed by atoms with Gasteiger partial charge in [-0.25, -0.2) is 9.59 Å². The number of nitrogens with zero attached hydrogens (tertiary/aromatic N) is 1. The van der Waals surface area contributed by atoms with E-state index in [0.29, 0.717) is 22.5 Å². The summed E-state index contributed by atoms with van der Waals surface area (Å²) in [7, 11) is 1.35. The maximum atomic E-state index is 11.4. The van der Waals surface area contributed by atoms with Crippen LogP contribution < -0.4 is 0 Å². The second-order valence-corrected chi connectivity index (χ2v) is 8.32. The highest BCUT2D eigenvalue weighted by atomic mass is 16.6. The largest absolute Gasteiger partial charge is 0.489 e. The molecule has 0 radical (unpaired) electrons. The van der Waals surface area contributed by atoms with Crippen LogP contribution in [0.2, 0.25) is 0 Å². The van der Waals surface area contributed by atoms with Gasteiger partial charge in [0.2, 0.25) is 0 Å². The Morgan fingerprint density at radius 2 is 1.41 bits per heavy atom. The number of nitro benzene ring substituents is 1. The second kappa shape index (κ2) is 15.3. The molecular formula is C31H31NO7. The van der Waals surface area contributed by atoms with Gasteiger partial charge in [-0.2, -0.15) is 0 Å². The Labute approximate surface area is 228 Å². The summed E-state index contributed by atoms with van der Waals surface area (Å²) in [5, 5.41) is 10.8. The normalized spacial score (nSPS) is 10.4. The van der Waals surface area contributed by atoms with E-state index in [4.69, 9.17) is 9.47 Å². The maximum absolute atomic E-state index is 11.4. The van der Waals surface area contributed by atoms with Gasteiger partial charge in [0.15, 0.2) is 0 Å². The van der Waals surface area contributed by atoms with Crippen LogP contribution >= 0.6 is 0 Å². The van der Waals surface area contributed by atoms with E-state index in [1.807, 2.05) is 67.6 Å². The third-order valence-corrected chi connectivity index (χ3v) is 5.21. The molecule has 0 aromatic heterocycles. The number of hydrogen-bond donors (Lipinski definition) is 0. The fraction of sp³-hybridized carbons (Fsp3) is 0.161. The van der Waals surface area contributed by atoms with E-state index in [1.54, 1.807) is 19.1 Å². The number of hydrogen-bond acceptors (Lipinski definition) is 7. The number of carbonyl (C=O) groups excluding carboxylic acids is 2. The molecule has 0 unspecified atom stereocenters. The fourth-order valence-corrected chi connectivity index (χ4v) is 3.06. The highest BCUT2D eigenvalue weighted by Crippen LogP contribution is 2.22. The molecule has 39 heavy (non-hydrogen) atoms. The van der Waals surface area contributed by atoms with Crippen LogP contribution in [-0.2, 0) is 23.8 Å². The zero-order valence-corrected chi connectivity index (χ0v) is 22.2. The molecule has 3 rings (SSSR count). The van der Waals surface area contributed by atoms with Crippen molar-refractivity contribution >= 4 is 35.0 Å². The summed E-state index contributed by atoms with van der Waals surface area (Å²) in [5.41, 5.74) is 4.27. The van der Waals surface area contributed by atoms with Crippen molar-refractivity contribution in [3.8, 4) is 0 Å². The monoisotopic (exact) mass is 529 g/mol.